The quantitative estimate of drug-likeness (QED) is 0.468. The lowest BCUT2D eigenvalue weighted by Gasteiger charge is -2.20. The molecule has 1 saturated heterocycles. The Morgan fingerprint density at radius 3 is 2.70 bits per heavy atom. The summed E-state index contributed by atoms with van der Waals surface area (Å²) < 4.78 is 27.3. The van der Waals surface area contributed by atoms with E-state index in [1.807, 2.05) is 6.92 Å². The molecule has 3 N–H and O–H groups in total. The highest BCUT2D eigenvalue weighted by molar-refractivity contribution is 14.0. The first kappa shape index (κ1) is 16.9. The van der Waals surface area contributed by atoms with Gasteiger partial charge in [0.05, 0.1) is 0 Å². The molecule has 1 aromatic carbocycles. The number of nitrogens with two attached hydrogens (primary N) is 1. The zero-order valence-corrected chi connectivity index (χ0v) is 13.6. The zero-order valence-electron chi connectivity index (χ0n) is 11.3. The van der Waals surface area contributed by atoms with Gasteiger partial charge in [0.15, 0.2) is 5.96 Å². The van der Waals surface area contributed by atoms with Crippen LogP contribution in [0.3, 0.4) is 0 Å². The van der Waals surface area contributed by atoms with Crippen molar-refractivity contribution in [3.05, 3.63) is 29.8 Å². The van der Waals surface area contributed by atoms with Crippen LogP contribution >= 0.6 is 24.0 Å². The molecule has 0 aliphatic carbocycles. The van der Waals surface area contributed by atoms with Crippen molar-refractivity contribution >= 4 is 35.6 Å². The van der Waals surface area contributed by atoms with E-state index in [4.69, 9.17) is 5.73 Å². The predicted octanol–water partition coefficient (Wildman–Crippen LogP) is 2.09. The van der Waals surface area contributed by atoms with Gasteiger partial charge in [-0.1, -0.05) is 6.07 Å². The summed E-state index contributed by atoms with van der Waals surface area (Å²) in [6.07, 6.45) is 0.772. The molecule has 1 aromatic rings. The summed E-state index contributed by atoms with van der Waals surface area (Å²) in [4.78, 5) is 5.73. The summed E-state index contributed by atoms with van der Waals surface area (Å²) in [6.45, 7) is 3.61. The molecule has 0 aromatic heterocycles. The molecule has 0 amide bonds. The maximum absolute atomic E-state index is 13.7. The van der Waals surface area contributed by atoms with E-state index in [-0.39, 0.29) is 35.7 Å². The Kier molecular flexibility index (Phi) is 6.44. The minimum Gasteiger partial charge on any atom is -0.370 e. The van der Waals surface area contributed by atoms with Gasteiger partial charge in [0.25, 0.3) is 0 Å². The number of nitrogens with zero attached hydrogens (tertiary/aromatic N) is 2. The number of hydrogen-bond donors (Lipinski definition) is 2. The summed E-state index contributed by atoms with van der Waals surface area (Å²) >= 11 is 0. The first-order valence-electron chi connectivity index (χ1n) is 6.37. The fourth-order valence-corrected chi connectivity index (χ4v) is 2.30. The van der Waals surface area contributed by atoms with Crippen molar-refractivity contribution in [1.82, 2.24) is 5.32 Å². The van der Waals surface area contributed by atoms with Gasteiger partial charge in [-0.15, -0.1) is 24.0 Å². The number of aliphatic imine (C=N–C) groups is 1. The van der Waals surface area contributed by atoms with Crippen LogP contribution in [0, 0.1) is 11.6 Å². The van der Waals surface area contributed by atoms with Crippen molar-refractivity contribution in [2.24, 2.45) is 10.7 Å². The normalized spacial score (nSPS) is 18.9. The number of para-hydroxylation sites is 1. The SMILES string of the molecule is CCN=C(N)NC1CCN(c2c(F)cccc2F)C1.I. The molecule has 20 heavy (non-hydrogen) atoms. The van der Waals surface area contributed by atoms with E-state index in [0.717, 1.165) is 6.42 Å². The fraction of sp³-hybridized carbons (Fsp3) is 0.462. The van der Waals surface area contributed by atoms with Crippen LogP contribution in [0.2, 0.25) is 0 Å². The Labute approximate surface area is 134 Å². The number of anilines is 1. The Balaban J connectivity index is 0.00000200. The van der Waals surface area contributed by atoms with Crippen LogP contribution in [0.15, 0.2) is 23.2 Å². The first-order valence-corrected chi connectivity index (χ1v) is 6.37. The lowest BCUT2D eigenvalue weighted by molar-refractivity contribution is 0.576. The van der Waals surface area contributed by atoms with E-state index in [0.29, 0.717) is 25.6 Å². The second-order valence-corrected chi connectivity index (χ2v) is 4.51. The number of hydrogen-bond acceptors (Lipinski definition) is 2. The Morgan fingerprint density at radius 2 is 2.10 bits per heavy atom. The average Bonchev–Trinajstić information content (AvgIpc) is 2.77. The monoisotopic (exact) mass is 396 g/mol. The van der Waals surface area contributed by atoms with Crippen molar-refractivity contribution in [1.29, 1.82) is 0 Å². The van der Waals surface area contributed by atoms with Gasteiger partial charge in [0.1, 0.15) is 17.3 Å². The second kappa shape index (κ2) is 7.61. The first-order chi connectivity index (χ1) is 9.11. The molecular formula is C13H19F2IN4. The van der Waals surface area contributed by atoms with Crippen LogP contribution in [0.1, 0.15) is 13.3 Å². The molecule has 0 bridgehead atoms. The van der Waals surface area contributed by atoms with Crippen LogP contribution in [0.4, 0.5) is 14.5 Å². The molecule has 7 heteroatoms. The smallest absolute Gasteiger partial charge is 0.188 e. The molecule has 112 valence electrons. The standard InChI is InChI=1S/C13H18F2N4.HI/c1-2-17-13(16)18-9-6-7-19(8-9)12-10(14)4-3-5-11(12)15;/h3-5,9H,2,6-8H2,1H3,(H3,16,17,18);1H. The van der Waals surface area contributed by atoms with Gasteiger partial charge in [0.2, 0.25) is 0 Å². The molecule has 1 aliphatic heterocycles. The third-order valence-electron chi connectivity index (χ3n) is 3.12. The highest BCUT2D eigenvalue weighted by Crippen LogP contribution is 2.26. The van der Waals surface area contributed by atoms with E-state index in [2.05, 4.69) is 10.3 Å². The Hall–Kier alpha value is -1.12. The molecule has 0 saturated carbocycles. The van der Waals surface area contributed by atoms with E-state index < -0.39 is 11.6 Å². The van der Waals surface area contributed by atoms with Gasteiger partial charge in [-0.3, -0.25) is 4.99 Å². The van der Waals surface area contributed by atoms with Crippen LogP contribution in [-0.4, -0.2) is 31.6 Å². The largest absolute Gasteiger partial charge is 0.370 e. The molecule has 1 heterocycles. The molecule has 1 fully saturated rings. The summed E-state index contributed by atoms with van der Waals surface area (Å²) in [5, 5.41) is 3.06. The highest BCUT2D eigenvalue weighted by atomic mass is 127. The van der Waals surface area contributed by atoms with Crippen LogP contribution in [0.5, 0.6) is 0 Å². The predicted molar refractivity (Wildman–Crippen MR) is 87.7 cm³/mol. The number of rotatable bonds is 3. The molecule has 1 aliphatic rings. The Bertz CT molecular complexity index is 461. The van der Waals surface area contributed by atoms with Crippen molar-refractivity contribution in [3.63, 3.8) is 0 Å². The van der Waals surface area contributed by atoms with Crippen molar-refractivity contribution < 1.29 is 8.78 Å². The average molecular weight is 396 g/mol. The summed E-state index contributed by atoms with van der Waals surface area (Å²) in [5.74, 6) is -0.685. The number of benzene rings is 1. The molecule has 2 rings (SSSR count). The number of guanidine groups is 1. The van der Waals surface area contributed by atoms with E-state index >= 15 is 0 Å². The maximum Gasteiger partial charge on any atom is 0.188 e. The Morgan fingerprint density at radius 1 is 1.45 bits per heavy atom. The third kappa shape index (κ3) is 3.94. The highest BCUT2D eigenvalue weighted by Gasteiger charge is 2.26. The topological polar surface area (TPSA) is 53.6 Å². The van der Waals surface area contributed by atoms with Gasteiger partial charge in [-0.2, -0.15) is 0 Å². The molecule has 0 spiro atoms. The minimum absolute atomic E-state index is 0. The number of nitrogens with one attached hydrogen (secondary N) is 1. The van der Waals surface area contributed by atoms with Crippen molar-refractivity contribution in [3.8, 4) is 0 Å². The van der Waals surface area contributed by atoms with Crippen molar-refractivity contribution in [2.75, 3.05) is 24.5 Å². The second-order valence-electron chi connectivity index (χ2n) is 4.51. The molecular weight excluding hydrogens is 377 g/mol. The van der Waals surface area contributed by atoms with E-state index in [1.165, 1.54) is 18.2 Å². The summed E-state index contributed by atoms with van der Waals surface area (Å²) in [6, 6.07) is 3.97. The lowest BCUT2D eigenvalue weighted by atomic mass is 10.2. The van der Waals surface area contributed by atoms with E-state index in [9.17, 15) is 8.78 Å². The molecule has 1 atom stereocenters. The number of halogens is 3. The molecule has 4 nitrogen and oxygen atoms in total. The third-order valence-corrected chi connectivity index (χ3v) is 3.12. The van der Waals surface area contributed by atoms with Gasteiger partial charge >= 0.3 is 0 Å². The minimum atomic E-state index is -0.532. The maximum atomic E-state index is 13.7. The van der Waals surface area contributed by atoms with E-state index in [1.54, 1.807) is 4.90 Å². The van der Waals surface area contributed by atoms with Crippen molar-refractivity contribution in [2.45, 2.75) is 19.4 Å². The lowest BCUT2D eigenvalue weighted by Crippen LogP contribution is -2.41. The van der Waals surface area contributed by atoms with Gasteiger partial charge in [0, 0.05) is 25.7 Å². The fourth-order valence-electron chi connectivity index (χ4n) is 2.30. The summed E-state index contributed by atoms with van der Waals surface area (Å²) in [7, 11) is 0. The van der Waals surface area contributed by atoms with Crippen LogP contribution < -0.4 is 16.0 Å². The van der Waals surface area contributed by atoms with Gasteiger partial charge in [-0.05, 0) is 25.5 Å². The molecule has 0 radical (unpaired) electrons. The molecule has 1 unspecified atom stereocenters. The van der Waals surface area contributed by atoms with Gasteiger partial charge in [-0.25, -0.2) is 8.78 Å². The van der Waals surface area contributed by atoms with Gasteiger partial charge < -0.3 is 16.0 Å². The van der Waals surface area contributed by atoms with Crippen LogP contribution in [-0.2, 0) is 0 Å². The van der Waals surface area contributed by atoms with Crippen LogP contribution in [0.25, 0.3) is 0 Å². The zero-order chi connectivity index (χ0) is 13.8. The summed E-state index contributed by atoms with van der Waals surface area (Å²) in [5.41, 5.74) is 5.72.